The van der Waals surface area contributed by atoms with Gasteiger partial charge in [0.05, 0.1) is 18.9 Å². The molecule has 3 fully saturated rings. The number of hydrogen-bond acceptors (Lipinski definition) is 6. The van der Waals surface area contributed by atoms with Crippen molar-refractivity contribution in [3.05, 3.63) is 24.3 Å². The van der Waals surface area contributed by atoms with E-state index in [1.807, 2.05) is 0 Å². The Labute approximate surface area is 168 Å². The Hall–Kier alpha value is -2.90. The van der Waals surface area contributed by atoms with Gasteiger partial charge in [-0.25, -0.2) is 4.79 Å². The van der Waals surface area contributed by atoms with Crippen LogP contribution in [0.4, 0.5) is 5.69 Å². The number of fused-ring (bicyclic) bond motifs is 5. The van der Waals surface area contributed by atoms with E-state index in [1.165, 1.54) is 14.0 Å². The first-order valence-corrected chi connectivity index (χ1v) is 9.88. The van der Waals surface area contributed by atoms with Gasteiger partial charge < -0.3 is 14.8 Å². The number of methoxy groups -OCH3 is 1. The van der Waals surface area contributed by atoms with Gasteiger partial charge in [-0.15, -0.1) is 0 Å². The molecule has 8 heteroatoms. The topological polar surface area (TPSA) is 102 Å². The van der Waals surface area contributed by atoms with Gasteiger partial charge in [-0.1, -0.05) is 6.07 Å². The SMILES string of the molecule is COc1cccc(NC(=O)COC(=O)[C@H](C)N2C(=O)[C@@H]3[C@H]4CC[C@@H](C4)[C@H]3C2=O)c1. The molecular formula is C21H24N2O6. The molecular weight excluding hydrogens is 376 g/mol. The zero-order valence-corrected chi connectivity index (χ0v) is 16.4. The lowest BCUT2D eigenvalue weighted by molar-refractivity contribution is -0.159. The molecule has 1 aliphatic heterocycles. The summed E-state index contributed by atoms with van der Waals surface area (Å²) >= 11 is 0. The largest absolute Gasteiger partial charge is 0.497 e. The van der Waals surface area contributed by atoms with Gasteiger partial charge in [-0.2, -0.15) is 0 Å². The third-order valence-electron chi connectivity index (χ3n) is 6.39. The summed E-state index contributed by atoms with van der Waals surface area (Å²) in [5.74, 6) is -1.30. The molecule has 0 unspecified atom stereocenters. The Morgan fingerprint density at radius 2 is 1.83 bits per heavy atom. The molecule has 1 heterocycles. The molecule has 2 bridgehead atoms. The predicted octanol–water partition coefficient (Wildman–Crippen LogP) is 1.60. The second-order valence-corrected chi connectivity index (χ2v) is 8.00. The second-order valence-electron chi connectivity index (χ2n) is 8.00. The van der Waals surface area contributed by atoms with Crippen molar-refractivity contribution in [2.24, 2.45) is 23.7 Å². The lowest BCUT2D eigenvalue weighted by atomic mass is 9.81. The number of ether oxygens (including phenoxy) is 2. The molecule has 154 valence electrons. The molecule has 1 saturated heterocycles. The highest BCUT2D eigenvalue weighted by Gasteiger charge is 2.62. The van der Waals surface area contributed by atoms with Gasteiger partial charge >= 0.3 is 5.97 Å². The molecule has 1 aromatic rings. The van der Waals surface area contributed by atoms with E-state index in [-0.39, 0.29) is 35.5 Å². The zero-order valence-electron chi connectivity index (χ0n) is 16.4. The Morgan fingerprint density at radius 1 is 1.17 bits per heavy atom. The third kappa shape index (κ3) is 3.36. The number of anilines is 1. The minimum Gasteiger partial charge on any atom is -0.497 e. The molecule has 8 nitrogen and oxygen atoms in total. The van der Waals surface area contributed by atoms with Crippen LogP contribution in [0.3, 0.4) is 0 Å². The summed E-state index contributed by atoms with van der Waals surface area (Å²) in [4.78, 5) is 51.1. The molecule has 3 aliphatic rings. The van der Waals surface area contributed by atoms with Gasteiger partial charge in [0.2, 0.25) is 11.8 Å². The number of nitrogens with zero attached hydrogens (tertiary/aromatic N) is 1. The van der Waals surface area contributed by atoms with Crippen LogP contribution in [-0.2, 0) is 23.9 Å². The normalized spacial score (nSPS) is 28.3. The van der Waals surface area contributed by atoms with E-state index in [0.717, 1.165) is 24.2 Å². The average molecular weight is 400 g/mol. The van der Waals surface area contributed by atoms with E-state index >= 15 is 0 Å². The number of likely N-dealkylation sites (tertiary alicyclic amines) is 1. The monoisotopic (exact) mass is 400 g/mol. The van der Waals surface area contributed by atoms with Crippen LogP contribution in [0.15, 0.2) is 24.3 Å². The fourth-order valence-corrected chi connectivity index (χ4v) is 5.07. The summed E-state index contributed by atoms with van der Waals surface area (Å²) in [7, 11) is 1.52. The fraction of sp³-hybridized carbons (Fsp3) is 0.524. The fourth-order valence-electron chi connectivity index (χ4n) is 5.07. The number of carbonyl (C=O) groups is 4. The molecule has 0 spiro atoms. The highest BCUT2D eigenvalue weighted by Crippen LogP contribution is 2.56. The van der Waals surface area contributed by atoms with Crippen molar-refractivity contribution in [2.75, 3.05) is 19.0 Å². The van der Waals surface area contributed by atoms with Crippen molar-refractivity contribution in [2.45, 2.75) is 32.2 Å². The number of rotatable bonds is 6. The summed E-state index contributed by atoms with van der Waals surface area (Å²) in [6, 6.07) is 5.74. The Balaban J connectivity index is 1.33. The molecule has 2 aliphatic carbocycles. The van der Waals surface area contributed by atoms with E-state index in [9.17, 15) is 19.2 Å². The van der Waals surface area contributed by atoms with Crippen LogP contribution < -0.4 is 10.1 Å². The van der Waals surface area contributed by atoms with Crippen molar-refractivity contribution in [3.8, 4) is 5.75 Å². The minimum absolute atomic E-state index is 0.253. The van der Waals surface area contributed by atoms with Gasteiger partial charge in [0.15, 0.2) is 6.61 Å². The lowest BCUT2D eigenvalue weighted by Gasteiger charge is -2.23. The Bertz CT molecular complexity index is 840. The maximum atomic E-state index is 12.8. The minimum atomic E-state index is -1.04. The molecule has 29 heavy (non-hydrogen) atoms. The summed E-state index contributed by atoms with van der Waals surface area (Å²) in [5.41, 5.74) is 0.506. The Morgan fingerprint density at radius 3 is 2.45 bits per heavy atom. The molecule has 1 N–H and O–H groups in total. The molecule has 4 rings (SSSR count). The number of esters is 1. The first kappa shape index (κ1) is 19.4. The second kappa shape index (κ2) is 7.50. The highest BCUT2D eigenvalue weighted by molar-refractivity contribution is 6.08. The van der Waals surface area contributed by atoms with Gasteiger partial charge in [0, 0.05) is 11.8 Å². The molecule has 0 aromatic heterocycles. The zero-order chi connectivity index (χ0) is 20.7. The number of imide groups is 1. The molecule has 3 amide bonds. The summed E-state index contributed by atoms with van der Waals surface area (Å²) in [6.45, 7) is 0.968. The first-order valence-electron chi connectivity index (χ1n) is 9.88. The van der Waals surface area contributed by atoms with E-state index in [4.69, 9.17) is 9.47 Å². The van der Waals surface area contributed by atoms with Crippen molar-refractivity contribution >= 4 is 29.4 Å². The van der Waals surface area contributed by atoms with E-state index in [2.05, 4.69) is 5.32 Å². The van der Waals surface area contributed by atoms with E-state index < -0.39 is 24.5 Å². The van der Waals surface area contributed by atoms with Gasteiger partial charge in [-0.05, 0) is 50.2 Å². The number of hydrogen-bond donors (Lipinski definition) is 1. The number of carbonyl (C=O) groups excluding carboxylic acids is 4. The van der Waals surface area contributed by atoms with Gasteiger partial charge in [-0.3, -0.25) is 19.3 Å². The Kier molecular flexibility index (Phi) is 5.02. The van der Waals surface area contributed by atoms with Crippen LogP contribution in [0.25, 0.3) is 0 Å². The van der Waals surface area contributed by atoms with Crippen molar-refractivity contribution in [1.82, 2.24) is 4.90 Å². The van der Waals surface area contributed by atoms with Gasteiger partial charge in [0.1, 0.15) is 11.8 Å². The van der Waals surface area contributed by atoms with E-state index in [1.54, 1.807) is 24.3 Å². The van der Waals surface area contributed by atoms with Crippen LogP contribution in [0.1, 0.15) is 26.2 Å². The quantitative estimate of drug-likeness (QED) is 0.575. The molecule has 0 radical (unpaired) electrons. The molecule has 2 saturated carbocycles. The van der Waals surface area contributed by atoms with Crippen molar-refractivity contribution < 1.29 is 28.7 Å². The number of amides is 3. The van der Waals surface area contributed by atoms with Crippen LogP contribution in [0.5, 0.6) is 5.75 Å². The van der Waals surface area contributed by atoms with Crippen LogP contribution in [-0.4, -0.2) is 48.3 Å². The average Bonchev–Trinajstić information content (AvgIpc) is 3.39. The highest BCUT2D eigenvalue weighted by atomic mass is 16.5. The van der Waals surface area contributed by atoms with E-state index in [0.29, 0.717) is 11.4 Å². The summed E-state index contributed by atoms with van der Waals surface area (Å²) < 4.78 is 10.2. The summed E-state index contributed by atoms with van der Waals surface area (Å²) in [6.07, 6.45) is 2.88. The molecule has 1 aromatic carbocycles. The predicted molar refractivity (Wildman–Crippen MR) is 102 cm³/mol. The first-order chi connectivity index (χ1) is 13.9. The van der Waals surface area contributed by atoms with Crippen molar-refractivity contribution in [3.63, 3.8) is 0 Å². The van der Waals surface area contributed by atoms with Crippen LogP contribution in [0.2, 0.25) is 0 Å². The standard InChI is InChI=1S/C21H24N2O6/c1-11(23-19(25)17-12-6-7-13(8-12)18(17)20(23)26)21(27)29-10-16(24)22-14-4-3-5-15(9-14)28-2/h3-5,9,11-13,17-18H,6-8,10H2,1-2H3,(H,22,24)/t11-,12-,13-,17+,18+/m0/s1. The van der Waals surface area contributed by atoms with Crippen LogP contribution >= 0.6 is 0 Å². The maximum absolute atomic E-state index is 12.8. The number of benzene rings is 1. The van der Waals surface area contributed by atoms with Crippen molar-refractivity contribution in [1.29, 1.82) is 0 Å². The molecule has 5 atom stereocenters. The lowest BCUT2D eigenvalue weighted by Crippen LogP contribution is -2.45. The smallest absolute Gasteiger partial charge is 0.329 e. The maximum Gasteiger partial charge on any atom is 0.329 e. The number of nitrogens with one attached hydrogen (secondary N) is 1. The third-order valence-corrected chi connectivity index (χ3v) is 6.39. The van der Waals surface area contributed by atoms with Crippen LogP contribution in [0, 0.1) is 23.7 Å². The summed E-state index contributed by atoms with van der Waals surface area (Å²) in [5, 5.41) is 2.61. The van der Waals surface area contributed by atoms with Gasteiger partial charge in [0.25, 0.3) is 5.91 Å².